The number of nitrogens with zero attached hydrogens (tertiary/aromatic N) is 2. The summed E-state index contributed by atoms with van der Waals surface area (Å²) in [6.07, 6.45) is 1.90. The van der Waals surface area contributed by atoms with Crippen LogP contribution in [0.5, 0.6) is 0 Å². The first-order valence-electron chi connectivity index (χ1n) is 7.14. The number of aromatic nitrogens is 2. The van der Waals surface area contributed by atoms with E-state index in [2.05, 4.69) is 56.4 Å². The van der Waals surface area contributed by atoms with Gasteiger partial charge in [-0.25, -0.2) is 9.97 Å². The number of rotatable bonds is 5. The van der Waals surface area contributed by atoms with Crippen molar-refractivity contribution in [1.29, 1.82) is 0 Å². The molecule has 0 saturated heterocycles. The van der Waals surface area contributed by atoms with Crippen molar-refractivity contribution < 1.29 is 0 Å². The largest absolute Gasteiger partial charge is 0.373 e. The third-order valence-corrected chi connectivity index (χ3v) is 4.40. The molecule has 21 heavy (non-hydrogen) atoms. The lowest BCUT2D eigenvalue weighted by molar-refractivity contribution is 0.835. The predicted molar refractivity (Wildman–Crippen MR) is 92.5 cm³/mol. The topological polar surface area (TPSA) is 49.8 Å². The summed E-state index contributed by atoms with van der Waals surface area (Å²) in [5, 5.41) is 6.56. The second-order valence-electron chi connectivity index (χ2n) is 5.02. The summed E-state index contributed by atoms with van der Waals surface area (Å²) in [7, 11) is 1.89. The molecule has 0 atom stereocenters. The number of hydrogen-bond acceptors (Lipinski definition) is 4. The summed E-state index contributed by atoms with van der Waals surface area (Å²) in [5.41, 5.74) is 3.22. The van der Waals surface area contributed by atoms with E-state index < -0.39 is 0 Å². The summed E-state index contributed by atoms with van der Waals surface area (Å²) < 4.78 is 1.06. The molecule has 0 spiro atoms. The Kier molecular flexibility index (Phi) is 5.17. The highest BCUT2D eigenvalue weighted by atomic mass is 79.9. The fraction of sp³-hybridized carbons (Fsp3) is 0.375. The van der Waals surface area contributed by atoms with Gasteiger partial charge >= 0.3 is 0 Å². The van der Waals surface area contributed by atoms with Crippen LogP contribution in [0, 0.1) is 13.8 Å². The minimum atomic E-state index is 0.851. The first-order chi connectivity index (χ1) is 10.1. The van der Waals surface area contributed by atoms with Gasteiger partial charge in [0.05, 0.1) is 5.69 Å². The molecule has 0 aliphatic carbocycles. The van der Waals surface area contributed by atoms with Crippen molar-refractivity contribution in [3.05, 3.63) is 39.6 Å². The molecule has 4 nitrogen and oxygen atoms in total. The Bertz CT molecular complexity index is 640. The maximum Gasteiger partial charge on any atom is 0.139 e. The van der Waals surface area contributed by atoms with Gasteiger partial charge < -0.3 is 10.6 Å². The molecule has 2 rings (SSSR count). The highest BCUT2D eigenvalue weighted by Gasteiger charge is 2.11. The molecule has 1 aromatic carbocycles. The molecule has 0 fully saturated rings. The van der Waals surface area contributed by atoms with Gasteiger partial charge in [0.2, 0.25) is 0 Å². The SMILES string of the molecule is CCCc1nc(NC)c(C)c(Nc2cccc(C)c2Br)n1. The van der Waals surface area contributed by atoms with Crippen molar-refractivity contribution >= 4 is 33.3 Å². The normalized spacial score (nSPS) is 10.5. The smallest absolute Gasteiger partial charge is 0.139 e. The molecule has 1 aromatic heterocycles. The van der Waals surface area contributed by atoms with E-state index in [0.29, 0.717) is 0 Å². The van der Waals surface area contributed by atoms with Crippen LogP contribution in [0.15, 0.2) is 22.7 Å². The monoisotopic (exact) mass is 348 g/mol. The van der Waals surface area contributed by atoms with Gasteiger partial charge in [-0.15, -0.1) is 0 Å². The summed E-state index contributed by atoms with van der Waals surface area (Å²) >= 11 is 3.63. The second kappa shape index (κ2) is 6.89. The third kappa shape index (κ3) is 3.53. The molecule has 0 radical (unpaired) electrons. The molecule has 0 amide bonds. The quantitative estimate of drug-likeness (QED) is 0.829. The Balaban J connectivity index is 2.42. The minimum Gasteiger partial charge on any atom is -0.373 e. The second-order valence-corrected chi connectivity index (χ2v) is 5.82. The molecule has 2 aromatic rings. The third-order valence-electron chi connectivity index (χ3n) is 3.35. The van der Waals surface area contributed by atoms with Crippen LogP contribution in [0.3, 0.4) is 0 Å². The fourth-order valence-electron chi connectivity index (χ4n) is 2.14. The van der Waals surface area contributed by atoms with Crippen LogP contribution in [0.2, 0.25) is 0 Å². The van der Waals surface area contributed by atoms with Crippen molar-refractivity contribution in [3.8, 4) is 0 Å². The molecule has 0 bridgehead atoms. The van der Waals surface area contributed by atoms with Crippen molar-refractivity contribution in [2.24, 2.45) is 0 Å². The van der Waals surface area contributed by atoms with Gasteiger partial charge in [-0.05, 0) is 47.8 Å². The summed E-state index contributed by atoms with van der Waals surface area (Å²) in [6.45, 7) is 6.23. The summed E-state index contributed by atoms with van der Waals surface area (Å²) in [5.74, 6) is 2.59. The van der Waals surface area contributed by atoms with E-state index in [9.17, 15) is 0 Å². The molecular formula is C16H21BrN4. The van der Waals surface area contributed by atoms with Crippen molar-refractivity contribution in [2.45, 2.75) is 33.6 Å². The fourth-order valence-corrected chi connectivity index (χ4v) is 2.50. The van der Waals surface area contributed by atoms with Crippen molar-refractivity contribution in [2.75, 3.05) is 17.7 Å². The van der Waals surface area contributed by atoms with Crippen LogP contribution >= 0.6 is 15.9 Å². The van der Waals surface area contributed by atoms with Crippen LogP contribution in [-0.4, -0.2) is 17.0 Å². The van der Waals surface area contributed by atoms with E-state index in [1.807, 2.05) is 26.1 Å². The van der Waals surface area contributed by atoms with Crippen molar-refractivity contribution in [3.63, 3.8) is 0 Å². The van der Waals surface area contributed by atoms with Crippen LogP contribution in [0.25, 0.3) is 0 Å². The van der Waals surface area contributed by atoms with Gasteiger partial charge in [-0.1, -0.05) is 19.1 Å². The molecule has 2 N–H and O–H groups in total. The average molecular weight is 349 g/mol. The molecule has 112 valence electrons. The zero-order valence-electron chi connectivity index (χ0n) is 12.9. The lowest BCUT2D eigenvalue weighted by atomic mass is 10.2. The van der Waals surface area contributed by atoms with E-state index in [1.165, 1.54) is 5.56 Å². The van der Waals surface area contributed by atoms with Gasteiger partial charge in [-0.2, -0.15) is 0 Å². The van der Waals surface area contributed by atoms with Gasteiger partial charge in [0, 0.05) is 23.5 Å². The van der Waals surface area contributed by atoms with Crippen LogP contribution in [0.4, 0.5) is 17.3 Å². The zero-order chi connectivity index (χ0) is 15.4. The number of anilines is 3. The Hall–Kier alpha value is -1.62. The summed E-state index contributed by atoms with van der Waals surface area (Å²) in [6, 6.07) is 6.14. The maximum absolute atomic E-state index is 4.65. The first-order valence-corrected chi connectivity index (χ1v) is 7.93. The van der Waals surface area contributed by atoms with E-state index in [4.69, 9.17) is 0 Å². The number of hydrogen-bond donors (Lipinski definition) is 2. The molecule has 0 saturated carbocycles. The van der Waals surface area contributed by atoms with E-state index >= 15 is 0 Å². The lowest BCUT2D eigenvalue weighted by Crippen LogP contribution is -2.07. The number of aryl methyl sites for hydroxylation is 2. The molecule has 0 aliphatic heterocycles. The minimum absolute atomic E-state index is 0.851. The van der Waals surface area contributed by atoms with E-state index in [1.54, 1.807) is 0 Å². The summed E-state index contributed by atoms with van der Waals surface area (Å²) in [4.78, 5) is 9.20. The highest BCUT2D eigenvalue weighted by molar-refractivity contribution is 9.10. The Morgan fingerprint density at radius 3 is 2.52 bits per heavy atom. The number of halogens is 1. The van der Waals surface area contributed by atoms with Crippen molar-refractivity contribution in [1.82, 2.24) is 9.97 Å². The van der Waals surface area contributed by atoms with Crippen LogP contribution in [0.1, 0.15) is 30.3 Å². The van der Waals surface area contributed by atoms with Gasteiger partial charge in [0.1, 0.15) is 17.5 Å². The Morgan fingerprint density at radius 1 is 1.14 bits per heavy atom. The van der Waals surface area contributed by atoms with E-state index in [0.717, 1.165) is 46.0 Å². The average Bonchev–Trinajstić information content (AvgIpc) is 2.47. The molecule has 1 heterocycles. The Morgan fingerprint density at radius 2 is 1.86 bits per heavy atom. The van der Waals surface area contributed by atoms with Gasteiger partial charge in [-0.3, -0.25) is 0 Å². The highest BCUT2D eigenvalue weighted by Crippen LogP contribution is 2.30. The maximum atomic E-state index is 4.65. The van der Waals surface area contributed by atoms with Crippen LogP contribution in [-0.2, 0) is 6.42 Å². The zero-order valence-corrected chi connectivity index (χ0v) is 14.5. The lowest BCUT2D eigenvalue weighted by Gasteiger charge is -2.15. The molecule has 0 aliphatic rings. The first kappa shape index (κ1) is 15.8. The van der Waals surface area contributed by atoms with Crippen LogP contribution < -0.4 is 10.6 Å². The van der Waals surface area contributed by atoms with Gasteiger partial charge in [0.25, 0.3) is 0 Å². The number of benzene rings is 1. The van der Waals surface area contributed by atoms with Gasteiger partial charge in [0.15, 0.2) is 0 Å². The Labute approximate surface area is 134 Å². The number of nitrogens with one attached hydrogen (secondary N) is 2. The predicted octanol–water partition coefficient (Wildman–Crippen LogP) is 4.59. The molecule has 5 heteroatoms. The standard InChI is InChI=1S/C16H21BrN4/c1-5-7-13-20-15(18-4)11(3)16(21-13)19-12-9-6-8-10(2)14(12)17/h6,8-9H,5,7H2,1-4H3,(H2,18,19,20,21). The van der Waals surface area contributed by atoms with E-state index in [-0.39, 0.29) is 0 Å². The molecule has 0 unspecified atom stereocenters. The molecular weight excluding hydrogens is 328 g/mol.